The van der Waals surface area contributed by atoms with E-state index in [0.29, 0.717) is 6.04 Å². The smallest absolute Gasteiger partial charge is 0.0702 e. The minimum Gasteiger partial charge on any atom is -0.314 e. The number of hydrogen-bond acceptors (Lipinski definition) is 3. The summed E-state index contributed by atoms with van der Waals surface area (Å²) >= 11 is 5.28. The van der Waals surface area contributed by atoms with Gasteiger partial charge in [0.1, 0.15) is 0 Å². The van der Waals surface area contributed by atoms with Crippen molar-refractivity contribution in [3.8, 4) is 0 Å². The monoisotopic (exact) mass is 246 g/mol. The Hall–Kier alpha value is 0.1000. The van der Waals surface area contributed by atoms with E-state index in [0.717, 1.165) is 19.6 Å². The molecule has 2 heterocycles. The van der Waals surface area contributed by atoms with Gasteiger partial charge in [-0.2, -0.15) is 0 Å². The molecule has 1 saturated heterocycles. The van der Waals surface area contributed by atoms with E-state index in [-0.39, 0.29) is 0 Å². The van der Waals surface area contributed by atoms with Gasteiger partial charge in [-0.25, -0.2) is 0 Å². The van der Waals surface area contributed by atoms with Crippen LogP contribution in [0.5, 0.6) is 0 Å². The number of thiophene rings is 1. The average Bonchev–Trinajstić information content (AvgIpc) is 2.54. The van der Waals surface area contributed by atoms with E-state index in [4.69, 9.17) is 0 Å². The van der Waals surface area contributed by atoms with Gasteiger partial charge in [0.05, 0.1) is 9.83 Å². The zero-order valence-electron chi connectivity index (χ0n) is 6.64. The minimum absolute atomic E-state index is 0.509. The van der Waals surface area contributed by atoms with E-state index < -0.39 is 0 Å². The molecule has 0 spiro atoms. The van der Waals surface area contributed by atoms with Crippen molar-refractivity contribution in [2.45, 2.75) is 6.04 Å². The maximum absolute atomic E-state index is 3.48. The van der Waals surface area contributed by atoms with Crippen LogP contribution in [-0.4, -0.2) is 19.6 Å². The summed E-state index contributed by atoms with van der Waals surface area (Å²) in [5.74, 6) is 0. The Kier molecular flexibility index (Phi) is 2.80. The molecule has 1 aromatic rings. The zero-order chi connectivity index (χ0) is 8.39. The Labute approximate surface area is 84.5 Å². The Morgan fingerprint density at radius 1 is 1.42 bits per heavy atom. The van der Waals surface area contributed by atoms with E-state index in [9.17, 15) is 0 Å². The lowest BCUT2D eigenvalue weighted by molar-refractivity contribution is 0.435. The molecule has 12 heavy (non-hydrogen) atoms. The van der Waals surface area contributed by atoms with Gasteiger partial charge >= 0.3 is 0 Å². The molecule has 0 aliphatic carbocycles. The van der Waals surface area contributed by atoms with E-state index in [1.54, 1.807) is 0 Å². The van der Waals surface area contributed by atoms with Gasteiger partial charge in [-0.1, -0.05) is 0 Å². The highest BCUT2D eigenvalue weighted by Crippen LogP contribution is 2.27. The molecule has 66 valence electrons. The number of halogens is 1. The van der Waals surface area contributed by atoms with Crippen LogP contribution < -0.4 is 10.6 Å². The van der Waals surface area contributed by atoms with Crippen molar-refractivity contribution in [3.63, 3.8) is 0 Å². The Morgan fingerprint density at radius 2 is 2.33 bits per heavy atom. The summed E-state index contributed by atoms with van der Waals surface area (Å²) in [6.45, 7) is 3.20. The first kappa shape index (κ1) is 8.69. The summed E-state index contributed by atoms with van der Waals surface area (Å²) < 4.78 is 1.21. The summed E-state index contributed by atoms with van der Waals surface area (Å²) in [7, 11) is 0. The summed E-state index contributed by atoms with van der Waals surface area (Å²) in [6, 6.07) is 4.80. The van der Waals surface area contributed by atoms with Crippen molar-refractivity contribution in [1.29, 1.82) is 0 Å². The minimum atomic E-state index is 0.509. The maximum Gasteiger partial charge on any atom is 0.0702 e. The molecule has 1 aromatic heterocycles. The fourth-order valence-electron chi connectivity index (χ4n) is 1.37. The third kappa shape index (κ3) is 1.88. The second kappa shape index (κ2) is 3.87. The van der Waals surface area contributed by atoms with Gasteiger partial charge < -0.3 is 10.6 Å². The molecule has 1 aliphatic rings. The molecule has 4 heteroatoms. The van der Waals surface area contributed by atoms with Crippen molar-refractivity contribution >= 4 is 27.3 Å². The first-order valence-corrected chi connectivity index (χ1v) is 5.66. The number of rotatable bonds is 1. The predicted molar refractivity (Wildman–Crippen MR) is 55.6 cm³/mol. The normalized spacial score (nSPS) is 24.2. The van der Waals surface area contributed by atoms with Crippen molar-refractivity contribution in [2.75, 3.05) is 19.6 Å². The van der Waals surface area contributed by atoms with Gasteiger partial charge in [-0.15, -0.1) is 11.3 Å². The van der Waals surface area contributed by atoms with Crippen LogP contribution in [0.1, 0.15) is 10.9 Å². The van der Waals surface area contributed by atoms with Crippen LogP contribution in [0.25, 0.3) is 0 Å². The largest absolute Gasteiger partial charge is 0.314 e. The molecule has 0 aromatic carbocycles. The van der Waals surface area contributed by atoms with E-state index >= 15 is 0 Å². The Morgan fingerprint density at radius 3 is 2.92 bits per heavy atom. The van der Waals surface area contributed by atoms with Crippen molar-refractivity contribution in [1.82, 2.24) is 10.6 Å². The van der Waals surface area contributed by atoms with Gasteiger partial charge in [-0.05, 0) is 28.1 Å². The number of piperazine rings is 1. The second-order valence-electron chi connectivity index (χ2n) is 2.85. The van der Waals surface area contributed by atoms with E-state index in [2.05, 4.69) is 38.7 Å². The highest BCUT2D eigenvalue weighted by atomic mass is 79.9. The highest BCUT2D eigenvalue weighted by Gasteiger charge is 2.15. The third-order valence-corrected chi connectivity index (χ3v) is 3.72. The molecule has 1 fully saturated rings. The molecule has 0 bridgehead atoms. The summed E-state index contributed by atoms with van der Waals surface area (Å²) in [4.78, 5) is 1.41. The van der Waals surface area contributed by atoms with Crippen LogP contribution in [0, 0.1) is 0 Å². The van der Waals surface area contributed by atoms with Crippen LogP contribution in [0.15, 0.2) is 15.9 Å². The fourth-order valence-corrected chi connectivity index (χ4v) is 2.87. The molecule has 0 radical (unpaired) electrons. The highest BCUT2D eigenvalue weighted by molar-refractivity contribution is 9.11. The van der Waals surface area contributed by atoms with Gasteiger partial charge in [0.2, 0.25) is 0 Å². The van der Waals surface area contributed by atoms with Crippen molar-refractivity contribution < 1.29 is 0 Å². The topological polar surface area (TPSA) is 24.1 Å². The summed E-state index contributed by atoms with van der Waals surface area (Å²) in [6.07, 6.45) is 0. The molecular formula is C8H11BrN2S. The van der Waals surface area contributed by atoms with Crippen LogP contribution >= 0.6 is 27.3 Å². The van der Waals surface area contributed by atoms with Gasteiger partial charge in [0.15, 0.2) is 0 Å². The first-order valence-electron chi connectivity index (χ1n) is 4.05. The van der Waals surface area contributed by atoms with Crippen LogP contribution in [0.3, 0.4) is 0 Å². The lowest BCUT2D eigenvalue weighted by Gasteiger charge is -2.23. The van der Waals surface area contributed by atoms with Crippen LogP contribution in [0.2, 0.25) is 0 Å². The summed E-state index contributed by atoms with van der Waals surface area (Å²) in [5.41, 5.74) is 0. The molecule has 1 unspecified atom stereocenters. The Bertz CT molecular complexity index is 255. The van der Waals surface area contributed by atoms with Crippen molar-refractivity contribution in [2.24, 2.45) is 0 Å². The SMILES string of the molecule is Brc1ccc(C2CNCCN2)s1. The molecule has 0 saturated carbocycles. The molecule has 2 rings (SSSR count). The second-order valence-corrected chi connectivity index (χ2v) is 5.35. The van der Waals surface area contributed by atoms with Gasteiger partial charge in [0, 0.05) is 24.5 Å². The lowest BCUT2D eigenvalue weighted by atomic mass is 10.2. The summed E-state index contributed by atoms with van der Waals surface area (Å²) in [5, 5.41) is 6.85. The van der Waals surface area contributed by atoms with Gasteiger partial charge in [-0.3, -0.25) is 0 Å². The third-order valence-electron chi connectivity index (χ3n) is 1.98. The van der Waals surface area contributed by atoms with E-state index in [1.165, 1.54) is 8.66 Å². The predicted octanol–water partition coefficient (Wildman–Crippen LogP) is 1.74. The van der Waals surface area contributed by atoms with Crippen LogP contribution in [-0.2, 0) is 0 Å². The van der Waals surface area contributed by atoms with Crippen LogP contribution in [0.4, 0.5) is 0 Å². The Balaban J connectivity index is 2.08. The first-order chi connectivity index (χ1) is 5.86. The van der Waals surface area contributed by atoms with Crippen molar-refractivity contribution in [3.05, 3.63) is 20.8 Å². The molecular weight excluding hydrogens is 236 g/mol. The maximum atomic E-state index is 3.48. The molecule has 1 atom stereocenters. The average molecular weight is 247 g/mol. The number of hydrogen-bond donors (Lipinski definition) is 2. The zero-order valence-corrected chi connectivity index (χ0v) is 9.04. The molecule has 1 aliphatic heterocycles. The quantitative estimate of drug-likeness (QED) is 0.790. The standard InChI is InChI=1S/C8H11BrN2S/c9-8-2-1-7(12-8)6-5-10-3-4-11-6/h1-2,6,10-11H,3-5H2. The molecule has 0 amide bonds. The van der Waals surface area contributed by atoms with Gasteiger partial charge in [0.25, 0.3) is 0 Å². The molecule has 2 nitrogen and oxygen atoms in total. The molecule has 2 N–H and O–H groups in total. The fraction of sp³-hybridized carbons (Fsp3) is 0.500. The lowest BCUT2D eigenvalue weighted by Crippen LogP contribution is -2.42. The number of nitrogens with one attached hydrogen (secondary N) is 2. The van der Waals surface area contributed by atoms with E-state index in [1.807, 2.05) is 11.3 Å².